The van der Waals surface area contributed by atoms with Crippen LogP contribution in [0.2, 0.25) is 0 Å². The van der Waals surface area contributed by atoms with Crippen LogP contribution in [0.25, 0.3) is 11.3 Å². The van der Waals surface area contributed by atoms with Crippen LogP contribution in [0.3, 0.4) is 0 Å². The van der Waals surface area contributed by atoms with Crippen molar-refractivity contribution in [1.82, 2.24) is 10.4 Å². The van der Waals surface area contributed by atoms with Crippen molar-refractivity contribution in [2.75, 3.05) is 0 Å². The number of aromatic nitrogens is 2. The average molecular weight is 243 g/mol. The first-order valence-corrected chi connectivity index (χ1v) is 4.11. The molecule has 17 heavy (non-hydrogen) atoms. The molecule has 1 aromatic heterocycles. The Balaban J connectivity index is 2.88. The molecule has 0 N–H and O–H groups in total. The summed E-state index contributed by atoms with van der Waals surface area (Å²) in [6.07, 6.45) is 0.774. The summed E-state index contributed by atoms with van der Waals surface area (Å²) in [5, 5.41) is 14.8. The zero-order chi connectivity index (χ0) is 12.6. The van der Waals surface area contributed by atoms with Gasteiger partial charge in [-0.1, -0.05) is 0 Å². The molecular formula is C9HF4N3O. The van der Waals surface area contributed by atoms with Crippen LogP contribution < -0.4 is 0 Å². The molecule has 0 aliphatic carbocycles. The van der Waals surface area contributed by atoms with Gasteiger partial charge in [-0.25, -0.2) is 17.6 Å². The van der Waals surface area contributed by atoms with Crippen LogP contribution in [0.5, 0.6) is 0 Å². The van der Waals surface area contributed by atoms with Crippen molar-refractivity contribution in [2.45, 2.75) is 0 Å². The van der Waals surface area contributed by atoms with Gasteiger partial charge >= 0.3 is 0 Å². The van der Waals surface area contributed by atoms with Crippen LogP contribution in [0.15, 0.2) is 10.8 Å². The molecule has 1 aromatic carbocycles. The van der Waals surface area contributed by atoms with E-state index in [1.165, 1.54) is 6.07 Å². The topological polar surface area (TPSA) is 62.7 Å². The first-order valence-electron chi connectivity index (χ1n) is 4.11. The van der Waals surface area contributed by atoms with Gasteiger partial charge in [-0.3, -0.25) is 0 Å². The zero-order valence-corrected chi connectivity index (χ0v) is 7.84. The Morgan fingerprint density at radius 1 is 1.06 bits per heavy atom. The van der Waals surface area contributed by atoms with Crippen molar-refractivity contribution in [3.05, 3.63) is 35.1 Å². The molecule has 8 heteroatoms. The van der Waals surface area contributed by atoms with Crippen molar-refractivity contribution in [1.29, 1.82) is 5.26 Å². The quantitative estimate of drug-likeness (QED) is 0.437. The number of nitriles is 1. The van der Waals surface area contributed by atoms with Crippen LogP contribution >= 0.6 is 0 Å². The predicted octanol–water partition coefficient (Wildman–Crippen LogP) is 2.16. The van der Waals surface area contributed by atoms with E-state index < -0.39 is 40.1 Å². The summed E-state index contributed by atoms with van der Waals surface area (Å²) in [4.78, 5) is 0. The standard InChI is InChI=1S/C9HF4N3O/c10-6-3(1-14)5(4-2-17-16-15-4)7(11)9(13)8(6)12/h2H. The molecule has 1 heterocycles. The van der Waals surface area contributed by atoms with Crippen LogP contribution in [0.1, 0.15) is 5.56 Å². The molecule has 0 fully saturated rings. The highest BCUT2D eigenvalue weighted by Gasteiger charge is 2.27. The third-order valence-electron chi connectivity index (χ3n) is 2.00. The van der Waals surface area contributed by atoms with E-state index in [2.05, 4.69) is 14.9 Å². The molecule has 2 aromatic rings. The fraction of sp³-hybridized carbons (Fsp3) is 0. The van der Waals surface area contributed by atoms with Gasteiger partial charge in [0.2, 0.25) is 0 Å². The highest BCUT2D eigenvalue weighted by molar-refractivity contribution is 5.67. The molecule has 0 aliphatic rings. The van der Waals surface area contributed by atoms with E-state index in [4.69, 9.17) is 5.26 Å². The Bertz CT molecular complexity index is 618. The summed E-state index contributed by atoms with van der Waals surface area (Å²) >= 11 is 0. The Kier molecular flexibility index (Phi) is 2.51. The number of hydrogen-bond acceptors (Lipinski definition) is 4. The van der Waals surface area contributed by atoms with Gasteiger partial charge in [-0.15, -0.1) is 5.10 Å². The van der Waals surface area contributed by atoms with Crippen LogP contribution in [-0.4, -0.2) is 10.4 Å². The zero-order valence-electron chi connectivity index (χ0n) is 7.84. The van der Waals surface area contributed by atoms with Crippen LogP contribution in [0.4, 0.5) is 17.6 Å². The normalized spacial score (nSPS) is 10.3. The Labute approximate surface area is 91.1 Å². The van der Waals surface area contributed by atoms with Gasteiger partial charge in [-0.05, 0) is 0 Å². The van der Waals surface area contributed by atoms with Gasteiger partial charge in [0.15, 0.2) is 29.5 Å². The highest BCUT2D eigenvalue weighted by atomic mass is 19.2. The number of halogens is 4. The van der Waals surface area contributed by atoms with Crippen LogP contribution in [0, 0.1) is 34.6 Å². The number of benzene rings is 1. The van der Waals surface area contributed by atoms with E-state index in [1.807, 2.05) is 0 Å². The summed E-state index contributed by atoms with van der Waals surface area (Å²) in [6.45, 7) is 0. The lowest BCUT2D eigenvalue weighted by Crippen LogP contribution is -2.04. The third kappa shape index (κ3) is 1.52. The molecule has 0 unspecified atom stereocenters. The first-order chi connectivity index (χ1) is 8.07. The largest absolute Gasteiger partial charge is 0.345 e. The Hall–Kier alpha value is -2.43. The van der Waals surface area contributed by atoms with E-state index in [-0.39, 0.29) is 0 Å². The number of nitrogens with zero attached hydrogens (tertiary/aromatic N) is 3. The predicted molar refractivity (Wildman–Crippen MR) is 44.3 cm³/mol. The second-order valence-corrected chi connectivity index (χ2v) is 2.91. The third-order valence-corrected chi connectivity index (χ3v) is 2.00. The second kappa shape index (κ2) is 3.86. The summed E-state index contributed by atoms with van der Waals surface area (Å²) in [5.74, 6) is -7.60. The monoisotopic (exact) mass is 243 g/mol. The lowest BCUT2D eigenvalue weighted by Gasteiger charge is -2.05. The highest BCUT2D eigenvalue weighted by Crippen LogP contribution is 2.30. The molecule has 0 bridgehead atoms. The number of rotatable bonds is 1. The number of hydrogen-bond donors (Lipinski definition) is 0. The summed E-state index contributed by atoms with van der Waals surface area (Å²) in [7, 11) is 0. The maximum absolute atomic E-state index is 13.4. The molecule has 0 aliphatic heterocycles. The van der Waals surface area contributed by atoms with Gasteiger partial charge < -0.3 is 4.52 Å². The SMILES string of the molecule is N#Cc1c(F)c(F)c(F)c(F)c1-c1conn1. The van der Waals surface area contributed by atoms with Gasteiger partial charge in [-0.2, -0.15) is 5.26 Å². The average Bonchev–Trinajstić information content (AvgIpc) is 2.84. The molecule has 0 amide bonds. The van der Waals surface area contributed by atoms with Gasteiger partial charge in [0, 0.05) is 5.27 Å². The first kappa shape index (κ1) is 11.1. The molecule has 86 valence electrons. The fourth-order valence-corrected chi connectivity index (χ4v) is 1.25. The minimum atomic E-state index is -2.06. The van der Waals surface area contributed by atoms with Crippen molar-refractivity contribution in [3.8, 4) is 17.3 Å². The lowest BCUT2D eigenvalue weighted by molar-refractivity contribution is 0.393. The molecule has 0 saturated carbocycles. The molecule has 4 nitrogen and oxygen atoms in total. The van der Waals surface area contributed by atoms with Crippen molar-refractivity contribution in [2.24, 2.45) is 0 Å². The maximum atomic E-state index is 13.4. The van der Waals surface area contributed by atoms with E-state index in [9.17, 15) is 17.6 Å². The van der Waals surface area contributed by atoms with Crippen molar-refractivity contribution in [3.63, 3.8) is 0 Å². The van der Waals surface area contributed by atoms with Gasteiger partial charge in [0.25, 0.3) is 0 Å². The molecule has 0 atom stereocenters. The molecule has 0 saturated heterocycles. The molecular weight excluding hydrogens is 242 g/mol. The van der Waals surface area contributed by atoms with Crippen LogP contribution in [-0.2, 0) is 0 Å². The van der Waals surface area contributed by atoms with Gasteiger partial charge in [0.05, 0.1) is 5.56 Å². The summed E-state index contributed by atoms with van der Waals surface area (Å²) < 4.78 is 56.7. The van der Waals surface area contributed by atoms with E-state index in [1.54, 1.807) is 0 Å². The van der Waals surface area contributed by atoms with Gasteiger partial charge in [0.1, 0.15) is 17.3 Å². The molecule has 0 radical (unpaired) electrons. The lowest BCUT2D eigenvalue weighted by atomic mass is 10.0. The van der Waals surface area contributed by atoms with Crippen molar-refractivity contribution < 1.29 is 22.1 Å². The summed E-state index contributed by atoms with van der Waals surface area (Å²) in [5.41, 5.74) is -2.24. The minimum absolute atomic E-state index is 0.406. The minimum Gasteiger partial charge on any atom is -0.345 e. The molecule has 0 spiro atoms. The van der Waals surface area contributed by atoms with E-state index in [0.29, 0.717) is 0 Å². The Morgan fingerprint density at radius 2 is 1.71 bits per heavy atom. The maximum Gasteiger partial charge on any atom is 0.198 e. The molecule has 2 rings (SSSR count). The van der Waals surface area contributed by atoms with E-state index >= 15 is 0 Å². The summed E-state index contributed by atoms with van der Waals surface area (Å²) in [6, 6.07) is 1.23. The van der Waals surface area contributed by atoms with E-state index in [0.717, 1.165) is 6.26 Å². The Morgan fingerprint density at radius 3 is 2.24 bits per heavy atom. The van der Waals surface area contributed by atoms with Crippen molar-refractivity contribution >= 4 is 0 Å². The fourth-order valence-electron chi connectivity index (χ4n) is 1.25. The smallest absolute Gasteiger partial charge is 0.198 e. The second-order valence-electron chi connectivity index (χ2n) is 2.91.